The van der Waals surface area contributed by atoms with E-state index >= 15 is 0 Å². The van der Waals surface area contributed by atoms with Crippen molar-refractivity contribution in [2.24, 2.45) is 4.99 Å². The van der Waals surface area contributed by atoms with Crippen LogP contribution in [0.25, 0.3) is 0 Å². The summed E-state index contributed by atoms with van der Waals surface area (Å²) < 4.78 is 16.4. The molecule has 0 amide bonds. The summed E-state index contributed by atoms with van der Waals surface area (Å²) in [6.07, 6.45) is 2.92. The van der Waals surface area contributed by atoms with E-state index in [-0.39, 0.29) is 18.7 Å². The third-order valence-electron chi connectivity index (χ3n) is 4.54. The van der Waals surface area contributed by atoms with Crippen molar-refractivity contribution >= 4 is 31.1 Å². The van der Waals surface area contributed by atoms with E-state index in [1.807, 2.05) is 13.8 Å². The molecule has 3 heterocycles. The molecule has 0 fully saturated rings. The molecule has 0 saturated carbocycles. The monoisotopic (exact) mass is 399 g/mol. The Hall–Kier alpha value is -2.30. The van der Waals surface area contributed by atoms with Crippen molar-refractivity contribution in [1.29, 1.82) is 0 Å². The lowest BCUT2D eigenvalue weighted by atomic mass is 9.79. The van der Waals surface area contributed by atoms with Crippen LogP contribution in [0.15, 0.2) is 35.6 Å². The first-order chi connectivity index (χ1) is 13.8. The van der Waals surface area contributed by atoms with Crippen molar-refractivity contribution in [3.63, 3.8) is 0 Å². The van der Waals surface area contributed by atoms with Crippen molar-refractivity contribution in [1.82, 2.24) is 9.97 Å². The number of rotatable bonds is 8. The highest BCUT2D eigenvalue weighted by Gasteiger charge is 2.35. The zero-order valence-electron chi connectivity index (χ0n) is 16.6. The maximum Gasteiger partial charge on any atom is 0.492 e. The van der Waals surface area contributed by atoms with Gasteiger partial charge in [-0.05, 0) is 25.5 Å². The molecule has 11 heteroatoms. The molecule has 0 aromatic carbocycles. The van der Waals surface area contributed by atoms with Gasteiger partial charge >= 0.3 is 14.2 Å². The molecule has 3 N–H and O–H groups in total. The molecule has 152 valence electrons. The second-order valence-corrected chi connectivity index (χ2v) is 7.16. The highest BCUT2D eigenvalue weighted by molar-refractivity contribution is 6.60. The van der Waals surface area contributed by atoms with Gasteiger partial charge in [-0.25, -0.2) is 4.99 Å². The minimum atomic E-state index is -1.58. The van der Waals surface area contributed by atoms with Crippen LogP contribution >= 0.6 is 0 Å². The molecule has 0 saturated heterocycles. The fourth-order valence-electron chi connectivity index (χ4n) is 2.81. The molecule has 2 aromatic rings. The van der Waals surface area contributed by atoms with Gasteiger partial charge in [0.25, 0.3) is 0 Å². The van der Waals surface area contributed by atoms with Gasteiger partial charge in [0.15, 0.2) is 0 Å². The molecule has 1 unspecified atom stereocenters. The number of hydrogen-bond donors (Lipinski definition) is 3. The van der Waals surface area contributed by atoms with Gasteiger partial charge in [-0.2, -0.15) is 0 Å². The van der Waals surface area contributed by atoms with Crippen LogP contribution in [0.3, 0.4) is 0 Å². The molecule has 29 heavy (non-hydrogen) atoms. The average molecular weight is 399 g/mol. The fraction of sp³-hybridized carbons (Fsp3) is 0.389. The van der Waals surface area contributed by atoms with Crippen molar-refractivity contribution < 1.29 is 29.2 Å². The van der Waals surface area contributed by atoms with Crippen LogP contribution in [0.1, 0.15) is 23.9 Å². The van der Waals surface area contributed by atoms with E-state index in [4.69, 9.17) is 24.2 Å². The SMILES string of the molecule is COCc1cc(B(O)OCC2(C)COC(c3ccc(B(O)O)cn3)=N2)cnc1C. The van der Waals surface area contributed by atoms with Gasteiger partial charge in [0.1, 0.15) is 17.8 Å². The smallest absolute Gasteiger partial charge is 0.474 e. The lowest BCUT2D eigenvalue weighted by molar-refractivity contribution is 0.168. The number of aryl methyl sites for hydroxylation is 1. The fourth-order valence-corrected chi connectivity index (χ4v) is 2.81. The predicted molar refractivity (Wildman–Crippen MR) is 108 cm³/mol. The number of ether oxygens (including phenoxy) is 2. The van der Waals surface area contributed by atoms with E-state index in [9.17, 15) is 5.02 Å². The van der Waals surface area contributed by atoms with Gasteiger partial charge in [0, 0.05) is 36.1 Å². The number of nitrogens with zero attached hydrogens (tertiary/aromatic N) is 3. The van der Waals surface area contributed by atoms with Gasteiger partial charge in [-0.3, -0.25) is 9.97 Å². The summed E-state index contributed by atoms with van der Waals surface area (Å²) >= 11 is 0. The van der Waals surface area contributed by atoms with E-state index < -0.39 is 19.8 Å². The van der Waals surface area contributed by atoms with Gasteiger partial charge in [-0.15, -0.1) is 0 Å². The molecule has 9 nitrogen and oxygen atoms in total. The lowest BCUT2D eigenvalue weighted by Gasteiger charge is -2.20. The second-order valence-electron chi connectivity index (χ2n) is 7.16. The summed E-state index contributed by atoms with van der Waals surface area (Å²) in [4.78, 5) is 12.9. The molecule has 1 aliphatic heterocycles. The van der Waals surface area contributed by atoms with E-state index in [0.29, 0.717) is 23.7 Å². The van der Waals surface area contributed by atoms with Crippen LogP contribution < -0.4 is 10.9 Å². The highest BCUT2D eigenvalue weighted by atomic mass is 16.5. The first kappa shape index (κ1) is 21.4. The van der Waals surface area contributed by atoms with E-state index in [1.165, 1.54) is 12.3 Å². The van der Waals surface area contributed by atoms with Gasteiger partial charge < -0.3 is 29.2 Å². The minimum absolute atomic E-state index is 0.124. The number of methoxy groups -OCH3 is 1. The molecule has 1 atom stereocenters. The van der Waals surface area contributed by atoms with Gasteiger partial charge in [-0.1, -0.05) is 12.1 Å². The Bertz CT molecular complexity index is 880. The summed E-state index contributed by atoms with van der Waals surface area (Å²) in [5, 5.41) is 28.7. The molecule has 1 aliphatic rings. The molecule has 0 radical (unpaired) electrons. The van der Waals surface area contributed by atoms with E-state index in [2.05, 4.69) is 15.0 Å². The van der Waals surface area contributed by atoms with Crippen LogP contribution in [0.4, 0.5) is 0 Å². The molecule has 0 aliphatic carbocycles. The summed E-state index contributed by atoms with van der Waals surface area (Å²) in [7, 11) is -1.13. The summed E-state index contributed by atoms with van der Waals surface area (Å²) in [6.45, 7) is 4.52. The van der Waals surface area contributed by atoms with Crippen molar-refractivity contribution in [2.45, 2.75) is 26.0 Å². The average Bonchev–Trinajstić information content (AvgIpc) is 3.10. The van der Waals surface area contributed by atoms with E-state index in [0.717, 1.165) is 11.3 Å². The molecule has 3 rings (SSSR count). The first-order valence-corrected chi connectivity index (χ1v) is 9.10. The number of aromatic nitrogens is 2. The molecule has 2 aromatic heterocycles. The quantitative estimate of drug-likeness (QED) is 0.461. The molecule has 0 bridgehead atoms. The number of aliphatic imine (C=N–C) groups is 1. The summed E-state index contributed by atoms with van der Waals surface area (Å²) in [6, 6.07) is 4.95. The first-order valence-electron chi connectivity index (χ1n) is 9.10. The van der Waals surface area contributed by atoms with Crippen LogP contribution in [0, 0.1) is 6.92 Å². The largest absolute Gasteiger partial charge is 0.492 e. The van der Waals surface area contributed by atoms with Crippen molar-refractivity contribution in [3.8, 4) is 0 Å². The molecular weight excluding hydrogens is 376 g/mol. The Morgan fingerprint density at radius 3 is 2.59 bits per heavy atom. The minimum Gasteiger partial charge on any atom is -0.474 e. The summed E-state index contributed by atoms with van der Waals surface area (Å²) in [5.41, 5.74) is 2.31. The Kier molecular flexibility index (Phi) is 6.66. The zero-order valence-corrected chi connectivity index (χ0v) is 16.6. The topological polar surface area (TPSA) is 127 Å². The number of hydrogen-bond acceptors (Lipinski definition) is 9. The Labute approximate surface area is 169 Å². The molecule has 0 spiro atoms. The standard InChI is InChI=1S/C18H23B2N3O6/c1-12-13(9-27-3)6-15(8-21-12)20(26)29-11-18(2)10-28-17(23-18)16-5-4-14(7-22-16)19(24)25/h4-8,24-26H,9-11H2,1-3H3. The van der Waals surface area contributed by atoms with E-state index in [1.54, 1.807) is 25.4 Å². The van der Waals surface area contributed by atoms with Crippen LogP contribution in [0.2, 0.25) is 0 Å². The van der Waals surface area contributed by atoms with Gasteiger partial charge in [0.2, 0.25) is 5.90 Å². The van der Waals surface area contributed by atoms with Gasteiger partial charge in [0.05, 0.1) is 13.2 Å². The molecular formula is C18H23B2N3O6. The highest BCUT2D eigenvalue weighted by Crippen LogP contribution is 2.21. The number of pyridine rings is 2. The normalized spacial score (nSPS) is 18.3. The third kappa shape index (κ3) is 5.20. The second kappa shape index (κ2) is 9.02. The third-order valence-corrected chi connectivity index (χ3v) is 4.54. The van der Waals surface area contributed by atoms with Crippen LogP contribution in [-0.2, 0) is 20.7 Å². The predicted octanol–water partition coefficient (Wildman–Crippen LogP) is -1.45. The maximum atomic E-state index is 10.4. The summed E-state index contributed by atoms with van der Waals surface area (Å²) in [5.74, 6) is 0.337. The van der Waals surface area contributed by atoms with Crippen LogP contribution in [0.5, 0.6) is 0 Å². The lowest BCUT2D eigenvalue weighted by Crippen LogP contribution is -2.40. The maximum absolute atomic E-state index is 10.4. The Morgan fingerprint density at radius 1 is 1.17 bits per heavy atom. The van der Waals surface area contributed by atoms with Crippen molar-refractivity contribution in [2.75, 3.05) is 20.3 Å². The zero-order chi connectivity index (χ0) is 21.0. The Balaban J connectivity index is 1.65. The van der Waals surface area contributed by atoms with Crippen LogP contribution in [-0.4, -0.2) is 71.0 Å². The Morgan fingerprint density at radius 2 is 1.93 bits per heavy atom. The van der Waals surface area contributed by atoms with Crippen molar-refractivity contribution in [3.05, 3.63) is 47.5 Å².